The molecule has 0 saturated carbocycles. The molecule has 12 heteroatoms. The van der Waals surface area contributed by atoms with Gasteiger partial charge in [0.15, 0.2) is 0 Å². The smallest absolute Gasteiger partial charge is 0.416 e. The molecule has 0 radical (unpaired) electrons. The molecule has 0 bridgehead atoms. The minimum atomic E-state index is -4.73. The van der Waals surface area contributed by atoms with Gasteiger partial charge in [0, 0.05) is 6.07 Å². The van der Waals surface area contributed by atoms with E-state index >= 15 is 0 Å². The molecule has 1 aliphatic rings. The minimum absolute atomic E-state index is 0.00396. The third-order valence-corrected chi connectivity index (χ3v) is 5.06. The van der Waals surface area contributed by atoms with Crippen LogP contribution in [0.5, 0.6) is 11.5 Å². The van der Waals surface area contributed by atoms with Gasteiger partial charge >= 0.3 is 11.9 Å². The van der Waals surface area contributed by atoms with Crippen LogP contribution in [-0.4, -0.2) is 15.2 Å². The average molecular weight is 461 g/mol. The quantitative estimate of drug-likeness (QED) is 0.279. The Hall–Kier alpha value is -2.63. The van der Waals surface area contributed by atoms with Crippen LogP contribution >= 0.6 is 35.6 Å². The van der Waals surface area contributed by atoms with E-state index in [1.54, 1.807) is 0 Å². The standard InChI is InChI=1S/C17H8ClF3N2O4S2/c18-10-5-8(6-14-15(24)22-16(28)29-14)1-3-12(10)27-13-4-2-9(17(19,20)21)7-11(13)23(25)26/h1-7H,(H,22,24,28). The number of rotatable bonds is 4. The van der Waals surface area contributed by atoms with Gasteiger partial charge in [-0.05, 0) is 35.9 Å². The number of nitro benzene ring substituents is 1. The first kappa shape index (κ1) is 21.1. The topological polar surface area (TPSA) is 81.5 Å². The monoisotopic (exact) mass is 460 g/mol. The van der Waals surface area contributed by atoms with E-state index in [1.165, 1.54) is 24.3 Å². The number of hydrogen-bond acceptors (Lipinski definition) is 6. The summed E-state index contributed by atoms with van der Waals surface area (Å²) in [4.78, 5) is 22.2. The number of thiocarbonyl (C=S) groups is 1. The van der Waals surface area contributed by atoms with E-state index in [4.69, 9.17) is 28.6 Å². The lowest BCUT2D eigenvalue weighted by Gasteiger charge is -2.11. The molecule has 3 rings (SSSR count). The lowest BCUT2D eigenvalue weighted by Crippen LogP contribution is -2.17. The van der Waals surface area contributed by atoms with Crippen LogP contribution in [0.3, 0.4) is 0 Å². The van der Waals surface area contributed by atoms with Gasteiger partial charge in [-0.15, -0.1) is 0 Å². The molecule has 1 fully saturated rings. The van der Waals surface area contributed by atoms with E-state index in [9.17, 15) is 28.1 Å². The van der Waals surface area contributed by atoms with Crippen LogP contribution in [0.25, 0.3) is 6.08 Å². The summed E-state index contributed by atoms with van der Waals surface area (Å²) in [6.07, 6.45) is -3.20. The summed E-state index contributed by atoms with van der Waals surface area (Å²) in [6.45, 7) is 0. The third-order valence-electron chi connectivity index (χ3n) is 3.60. The minimum Gasteiger partial charge on any atom is -0.449 e. The predicted molar refractivity (Wildman–Crippen MR) is 106 cm³/mol. The highest BCUT2D eigenvalue weighted by atomic mass is 35.5. The molecule has 0 atom stereocenters. The van der Waals surface area contributed by atoms with Crippen molar-refractivity contribution in [2.75, 3.05) is 0 Å². The van der Waals surface area contributed by atoms with Crippen molar-refractivity contribution in [2.24, 2.45) is 0 Å². The van der Waals surface area contributed by atoms with Crippen molar-refractivity contribution in [3.05, 3.63) is 67.6 Å². The van der Waals surface area contributed by atoms with Gasteiger partial charge in [0.2, 0.25) is 5.75 Å². The van der Waals surface area contributed by atoms with E-state index in [-0.39, 0.29) is 16.7 Å². The molecule has 2 aromatic rings. The van der Waals surface area contributed by atoms with Crippen molar-refractivity contribution in [3.8, 4) is 11.5 Å². The molecule has 0 aromatic heterocycles. The van der Waals surface area contributed by atoms with Crippen LogP contribution in [0.4, 0.5) is 18.9 Å². The number of ether oxygens (including phenoxy) is 1. The number of hydrogen-bond donors (Lipinski definition) is 1. The first-order valence-corrected chi connectivity index (χ1v) is 9.23. The highest BCUT2D eigenvalue weighted by Crippen LogP contribution is 2.39. The largest absolute Gasteiger partial charge is 0.449 e. The zero-order valence-electron chi connectivity index (χ0n) is 14.0. The normalized spacial score (nSPS) is 15.5. The van der Waals surface area contributed by atoms with Crippen molar-refractivity contribution < 1.29 is 27.6 Å². The number of halogens is 4. The summed E-state index contributed by atoms with van der Waals surface area (Å²) >= 11 is 12.1. The van der Waals surface area contributed by atoms with E-state index in [1.807, 2.05) is 0 Å². The molecule has 1 aliphatic heterocycles. The molecule has 1 amide bonds. The van der Waals surface area contributed by atoms with Crippen LogP contribution in [0, 0.1) is 10.1 Å². The van der Waals surface area contributed by atoms with Crippen molar-refractivity contribution >= 4 is 57.6 Å². The molecule has 2 aromatic carbocycles. The summed E-state index contributed by atoms with van der Waals surface area (Å²) in [5.41, 5.74) is -1.49. The molecule has 0 spiro atoms. The lowest BCUT2D eigenvalue weighted by molar-refractivity contribution is -0.385. The predicted octanol–water partition coefficient (Wildman–Crippen LogP) is 5.55. The Bertz CT molecular complexity index is 1070. The van der Waals surface area contributed by atoms with Gasteiger partial charge in [-0.3, -0.25) is 14.9 Å². The second-order valence-corrected chi connectivity index (χ2v) is 7.71. The fourth-order valence-corrected chi connectivity index (χ4v) is 3.58. The Morgan fingerprint density at radius 2 is 1.90 bits per heavy atom. The van der Waals surface area contributed by atoms with Crippen LogP contribution in [0.2, 0.25) is 5.02 Å². The van der Waals surface area contributed by atoms with Gasteiger partial charge in [-0.1, -0.05) is 41.6 Å². The summed E-state index contributed by atoms with van der Waals surface area (Å²) in [5.74, 6) is -0.750. The summed E-state index contributed by atoms with van der Waals surface area (Å²) in [5, 5.41) is 13.7. The molecule has 0 unspecified atom stereocenters. The van der Waals surface area contributed by atoms with Crippen LogP contribution < -0.4 is 10.1 Å². The third kappa shape index (κ3) is 4.86. The van der Waals surface area contributed by atoms with Gasteiger partial charge in [-0.25, -0.2) is 0 Å². The molecule has 1 saturated heterocycles. The van der Waals surface area contributed by atoms with E-state index in [0.29, 0.717) is 26.9 Å². The highest BCUT2D eigenvalue weighted by molar-refractivity contribution is 8.26. The SMILES string of the molecule is O=C1NC(=S)SC1=Cc1ccc(Oc2ccc(C(F)(F)F)cc2[N+](=O)[O-])c(Cl)c1. The van der Waals surface area contributed by atoms with Crippen molar-refractivity contribution in [1.82, 2.24) is 5.32 Å². The molecule has 150 valence electrons. The average Bonchev–Trinajstić information content (AvgIpc) is 2.93. The highest BCUT2D eigenvalue weighted by Gasteiger charge is 2.33. The zero-order chi connectivity index (χ0) is 21.3. The number of benzene rings is 2. The summed E-state index contributed by atoms with van der Waals surface area (Å²) in [7, 11) is 0. The van der Waals surface area contributed by atoms with Crippen LogP contribution in [-0.2, 0) is 11.0 Å². The van der Waals surface area contributed by atoms with E-state index in [2.05, 4.69) is 5.32 Å². The fourth-order valence-electron chi connectivity index (χ4n) is 2.30. The van der Waals surface area contributed by atoms with Crippen molar-refractivity contribution in [1.29, 1.82) is 0 Å². The Morgan fingerprint density at radius 3 is 2.45 bits per heavy atom. The number of alkyl halides is 3. The van der Waals surface area contributed by atoms with Gasteiger partial charge in [0.05, 0.1) is 20.4 Å². The molecule has 1 heterocycles. The molecular weight excluding hydrogens is 453 g/mol. The maximum atomic E-state index is 12.8. The van der Waals surface area contributed by atoms with Gasteiger partial charge in [0.25, 0.3) is 5.91 Å². The number of thioether (sulfide) groups is 1. The molecule has 6 nitrogen and oxygen atoms in total. The number of carbonyl (C=O) groups excluding carboxylic acids is 1. The van der Waals surface area contributed by atoms with Crippen molar-refractivity contribution in [2.45, 2.75) is 6.18 Å². The van der Waals surface area contributed by atoms with Gasteiger partial charge in [-0.2, -0.15) is 13.2 Å². The van der Waals surface area contributed by atoms with Gasteiger partial charge in [0.1, 0.15) is 10.1 Å². The van der Waals surface area contributed by atoms with E-state index < -0.39 is 28.1 Å². The molecule has 0 aliphatic carbocycles. The maximum Gasteiger partial charge on any atom is 0.416 e. The Balaban J connectivity index is 1.89. The summed E-state index contributed by atoms with van der Waals surface area (Å²) in [6, 6.07) is 6.27. The Morgan fingerprint density at radius 1 is 1.21 bits per heavy atom. The number of nitrogens with zero attached hydrogens (tertiary/aromatic N) is 1. The molecule has 29 heavy (non-hydrogen) atoms. The number of nitro groups is 1. The first-order chi connectivity index (χ1) is 13.5. The molecular formula is C17H8ClF3N2O4S2. The van der Waals surface area contributed by atoms with E-state index in [0.717, 1.165) is 17.8 Å². The number of carbonyl (C=O) groups is 1. The second-order valence-electron chi connectivity index (χ2n) is 5.58. The fraction of sp³-hybridized carbons (Fsp3) is 0.0588. The second kappa shape index (κ2) is 8.01. The Labute approximate surface area is 175 Å². The van der Waals surface area contributed by atoms with Crippen LogP contribution in [0.1, 0.15) is 11.1 Å². The first-order valence-electron chi connectivity index (χ1n) is 7.62. The maximum absolute atomic E-state index is 12.8. The number of nitrogens with one attached hydrogen (secondary N) is 1. The molecule has 1 N–H and O–H groups in total. The van der Waals surface area contributed by atoms with Crippen LogP contribution in [0.15, 0.2) is 41.3 Å². The van der Waals surface area contributed by atoms with Gasteiger partial charge < -0.3 is 10.1 Å². The lowest BCUT2D eigenvalue weighted by atomic mass is 10.1. The van der Waals surface area contributed by atoms with Crippen molar-refractivity contribution in [3.63, 3.8) is 0 Å². The Kier molecular flexibility index (Phi) is 5.82. The summed E-state index contributed by atoms with van der Waals surface area (Å²) < 4.78 is 44.1. The number of amides is 1. The zero-order valence-corrected chi connectivity index (χ0v) is 16.3.